The third-order valence-corrected chi connectivity index (χ3v) is 4.12. The van der Waals surface area contributed by atoms with Crippen LogP contribution in [-0.2, 0) is 9.53 Å². The van der Waals surface area contributed by atoms with Crippen LogP contribution in [-0.4, -0.2) is 43.6 Å². The number of benzene rings is 1. The van der Waals surface area contributed by atoms with Gasteiger partial charge in [-0.2, -0.15) is 0 Å². The van der Waals surface area contributed by atoms with Crippen LogP contribution in [0.5, 0.6) is 0 Å². The molecule has 21 heavy (non-hydrogen) atoms. The normalized spacial score (nSPS) is 22.4. The van der Waals surface area contributed by atoms with Crippen LogP contribution in [0.3, 0.4) is 0 Å². The maximum Gasteiger partial charge on any atom is 0.224 e. The highest BCUT2D eigenvalue weighted by Gasteiger charge is 2.30. The second-order valence-electron chi connectivity index (χ2n) is 5.93. The molecule has 1 N–H and O–H groups in total. The summed E-state index contributed by atoms with van der Waals surface area (Å²) in [6, 6.07) is 6.56. The Morgan fingerprint density at radius 2 is 2.19 bits per heavy atom. The van der Waals surface area contributed by atoms with E-state index in [2.05, 4.69) is 44.3 Å². The van der Waals surface area contributed by atoms with E-state index >= 15 is 0 Å². The molecule has 116 valence electrons. The van der Waals surface area contributed by atoms with E-state index in [1.165, 1.54) is 16.7 Å². The quantitative estimate of drug-likeness (QED) is 0.924. The van der Waals surface area contributed by atoms with Crippen molar-refractivity contribution in [2.45, 2.75) is 39.3 Å². The molecule has 0 spiro atoms. The molecule has 1 aliphatic rings. The molecule has 1 saturated heterocycles. The molecule has 4 heteroatoms. The molecule has 2 unspecified atom stereocenters. The van der Waals surface area contributed by atoms with Crippen molar-refractivity contribution in [1.82, 2.24) is 10.2 Å². The first-order valence-electron chi connectivity index (χ1n) is 7.65. The standard InChI is InChI=1S/C17H26N2O2/c1-12-5-6-13(2)15(9-12)16-10-19(14(3)11-21-16)17(20)7-8-18-4/h5-6,9,14,16,18H,7-8,10-11H2,1-4H3. The van der Waals surface area contributed by atoms with E-state index in [9.17, 15) is 4.79 Å². The van der Waals surface area contributed by atoms with Gasteiger partial charge < -0.3 is 15.0 Å². The smallest absolute Gasteiger partial charge is 0.224 e. The Labute approximate surface area is 127 Å². The molecule has 1 fully saturated rings. The van der Waals surface area contributed by atoms with Crippen LogP contribution in [0.15, 0.2) is 18.2 Å². The van der Waals surface area contributed by atoms with Crippen molar-refractivity contribution >= 4 is 5.91 Å². The van der Waals surface area contributed by atoms with Crippen molar-refractivity contribution < 1.29 is 9.53 Å². The molecule has 4 nitrogen and oxygen atoms in total. The molecule has 1 aromatic rings. The predicted octanol–water partition coefficient (Wildman–Crippen LogP) is 2.20. The number of rotatable bonds is 4. The second-order valence-corrected chi connectivity index (χ2v) is 5.93. The maximum atomic E-state index is 12.3. The Morgan fingerprint density at radius 1 is 1.43 bits per heavy atom. The van der Waals surface area contributed by atoms with Crippen LogP contribution in [0.4, 0.5) is 0 Å². The maximum absolute atomic E-state index is 12.3. The largest absolute Gasteiger partial charge is 0.370 e. The van der Waals surface area contributed by atoms with Gasteiger partial charge in [-0.3, -0.25) is 4.79 Å². The SMILES string of the molecule is CNCCC(=O)N1CC(c2cc(C)ccc2C)OCC1C. The summed E-state index contributed by atoms with van der Waals surface area (Å²) in [7, 11) is 1.87. The first-order valence-corrected chi connectivity index (χ1v) is 7.65. The molecule has 0 aromatic heterocycles. The van der Waals surface area contributed by atoms with Crippen LogP contribution in [0.2, 0.25) is 0 Å². The van der Waals surface area contributed by atoms with Crippen LogP contribution >= 0.6 is 0 Å². The van der Waals surface area contributed by atoms with E-state index in [0.29, 0.717) is 19.6 Å². The number of hydrogen-bond donors (Lipinski definition) is 1. The fourth-order valence-electron chi connectivity index (χ4n) is 2.77. The minimum Gasteiger partial charge on any atom is -0.370 e. The first-order chi connectivity index (χ1) is 10.0. The number of nitrogens with zero attached hydrogens (tertiary/aromatic N) is 1. The van der Waals surface area contributed by atoms with Gasteiger partial charge in [0.05, 0.1) is 19.2 Å². The van der Waals surface area contributed by atoms with Gasteiger partial charge in [0.2, 0.25) is 5.91 Å². The number of hydrogen-bond acceptors (Lipinski definition) is 3. The van der Waals surface area contributed by atoms with Crippen molar-refractivity contribution in [3.8, 4) is 0 Å². The van der Waals surface area contributed by atoms with Gasteiger partial charge in [0.25, 0.3) is 0 Å². The Morgan fingerprint density at radius 3 is 2.90 bits per heavy atom. The van der Waals surface area contributed by atoms with Gasteiger partial charge in [0.1, 0.15) is 6.10 Å². The summed E-state index contributed by atoms with van der Waals surface area (Å²) in [5, 5.41) is 3.03. The van der Waals surface area contributed by atoms with Gasteiger partial charge in [-0.05, 0) is 38.9 Å². The fraction of sp³-hybridized carbons (Fsp3) is 0.588. The molecule has 0 bridgehead atoms. The Hall–Kier alpha value is -1.39. The lowest BCUT2D eigenvalue weighted by atomic mass is 9.98. The average molecular weight is 290 g/mol. The van der Waals surface area contributed by atoms with E-state index in [1.807, 2.05) is 11.9 Å². The van der Waals surface area contributed by atoms with Crippen molar-refractivity contribution in [2.24, 2.45) is 0 Å². The number of ether oxygens (including phenoxy) is 1. The van der Waals surface area contributed by atoms with Gasteiger partial charge in [0, 0.05) is 13.0 Å². The number of carbonyl (C=O) groups excluding carboxylic acids is 1. The van der Waals surface area contributed by atoms with Gasteiger partial charge in [-0.1, -0.05) is 23.8 Å². The van der Waals surface area contributed by atoms with E-state index in [4.69, 9.17) is 4.74 Å². The van der Waals surface area contributed by atoms with Crippen LogP contribution in [0, 0.1) is 13.8 Å². The summed E-state index contributed by atoms with van der Waals surface area (Å²) in [5.41, 5.74) is 3.65. The summed E-state index contributed by atoms with van der Waals surface area (Å²) in [6.45, 7) is 8.21. The van der Waals surface area contributed by atoms with E-state index < -0.39 is 0 Å². The van der Waals surface area contributed by atoms with E-state index in [1.54, 1.807) is 0 Å². The predicted molar refractivity (Wildman–Crippen MR) is 84.3 cm³/mol. The number of morpholine rings is 1. The molecule has 1 aliphatic heterocycles. The zero-order valence-corrected chi connectivity index (χ0v) is 13.5. The zero-order valence-electron chi connectivity index (χ0n) is 13.5. The highest BCUT2D eigenvalue weighted by molar-refractivity contribution is 5.76. The van der Waals surface area contributed by atoms with Crippen molar-refractivity contribution in [3.05, 3.63) is 34.9 Å². The summed E-state index contributed by atoms with van der Waals surface area (Å²) < 4.78 is 5.99. The zero-order chi connectivity index (χ0) is 15.4. The molecule has 0 aliphatic carbocycles. The number of amides is 1. The lowest BCUT2D eigenvalue weighted by Gasteiger charge is -2.38. The van der Waals surface area contributed by atoms with Gasteiger partial charge in [-0.25, -0.2) is 0 Å². The monoisotopic (exact) mass is 290 g/mol. The highest BCUT2D eigenvalue weighted by Crippen LogP contribution is 2.28. The lowest BCUT2D eigenvalue weighted by molar-refractivity contribution is -0.144. The van der Waals surface area contributed by atoms with E-state index in [0.717, 1.165) is 6.54 Å². The molecule has 2 rings (SSSR count). The van der Waals surface area contributed by atoms with Gasteiger partial charge in [0.15, 0.2) is 0 Å². The third-order valence-electron chi connectivity index (χ3n) is 4.12. The summed E-state index contributed by atoms with van der Waals surface area (Å²) in [5.74, 6) is 0.204. The molecule has 1 aromatic carbocycles. The summed E-state index contributed by atoms with van der Waals surface area (Å²) in [6.07, 6.45) is 0.528. The molecular weight excluding hydrogens is 264 g/mol. The minimum absolute atomic E-state index is 0.0142. The lowest BCUT2D eigenvalue weighted by Crippen LogP contribution is -2.48. The molecular formula is C17H26N2O2. The van der Waals surface area contributed by atoms with E-state index in [-0.39, 0.29) is 18.1 Å². The second kappa shape index (κ2) is 7.05. The average Bonchev–Trinajstić information content (AvgIpc) is 2.48. The summed E-state index contributed by atoms with van der Waals surface area (Å²) in [4.78, 5) is 14.3. The Bertz CT molecular complexity index is 502. The minimum atomic E-state index is -0.0142. The van der Waals surface area contributed by atoms with Crippen molar-refractivity contribution in [1.29, 1.82) is 0 Å². The molecule has 1 amide bonds. The van der Waals surface area contributed by atoms with Gasteiger partial charge >= 0.3 is 0 Å². The fourth-order valence-corrected chi connectivity index (χ4v) is 2.77. The van der Waals surface area contributed by atoms with Gasteiger partial charge in [-0.15, -0.1) is 0 Å². The molecule has 2 atom stereocenters. The van der Waals surface area contributed by atoms with Crippen LogP contribution in [0.1, 0.15) is 36.1 Å². The van der Waals surface area contributed by atoms with Crippen molar-refractivity contribution in [2.75, 3.05) is 26.7 Å². The number of nitrogens with one attached hydrogen (secondary N) is 1. The third kappa shape index (κ3) is 3.83. The Balaban J connectivity index is 2.12. The summed E-state index contributed by atoms with van der Waals surface area (Å²) >= 11 is 0. The molecule has 0 radical (unpaired) electrons. The number of aryl methyl sites for hydroxylation is 2. The number of carbonyl (C=O) groups is 1. The molecule has 0 saturated carbocycles. The highest BCUT2D eigenvalue weighted by atomic mass is 16.5. The van der Waals surface area contributed by atoms with Crippen LogP contribution < -0.4 is 5.32 Å². The first kappa shape index (κ1) is 16.0. The van der Waals surface area contributed by atoms with Crippen LogP contribution in [0.25, 0.3) is 0 Å². The topological polar surface area (TPSA) is 41.6 Å². The molecule has 1 heterocycles. The van der Waals surface area contributed by atoms with Crippen molar-refractivity contribution in [3.63, 3.8) is 0 Å². The Kier molecular flexibility index (Phi) is 5.37.